The highest BCUT2D eigenvalue weighted by Gasteiger charge is 2.16. The molecule has 3 aromatic rings. The van der Waals surface area contributed by atoms with E-state index in [-0.39, 0.29) is 0 Å². The van der Waals surface area contributed by atoms with Gasteiger partial charge in [0, 0.05) is 21.7 Å². The molecule has 0 fully saturated rings. The Morgan fingerprint density at radius 2 is 1.87 bits per heavy atom. The van der Waals surface area contributed by atoms with Gasteiger partial charge in [-0.25, -0.2) is 0 Å². The number of benzene rings is 1. The van der Waals surface area contributed by atoms with Crippen LogP contribution in [0.5, 0.6) is 0 Å². The van der Waals surface area contributed by atoms with Gasteiger partial charge in [-0.3, -0.25) is 9.78 Å². The molecule has 1 aromatic carbocycles. The fourth-order valence-corrected chi connectivity index (χ4v) is 3.54. The number of aromatic nitrogens is 1. The largest absolute Gasteiger partial charge is 0.365 e. The van der Waals surface area contributed by atoms with E-state index in [1.807, 2.05) is 45.0 Å². The molecular formula is C17H18BrN3OS. The smallest absolute Gasteiger partial charge is 0.259 e. The van der Waals surface area contributed by atoms with Gasteiger partial charge in [-0.15, -0.1) is 11.3 Å². The minimum absolute atomic E-state index is 0.400. The minimum Gasteiger partial charge on any atom is -0.365 e. The summed E-state index contributed by atoms with van der Waals surface area (Å²) < 4.78 is 1.97. The van der Waals surface area contributed by atoms with E-state index >= 15 is 0 Å². The molecule has 6 heteroatoms. The zero-order valence-electron chi connectivity index (χ0n) is 13.2. The van der Waals surface area contributed by atoms with Crippen LogP contribution in [0.3, 0.4) is 0 Å². The van der Waals surface area contributed by atoms with E-state index in [2.05, 4.69) is 26.2 Å². The third-order valence-corrected chi connectivity index (χ3v) is 4.96. The number of rotatable bonds is 3. The van der Waals surface area contributed by atoms with E-state index in [9.17, 15) is 4.79 Å². The van der Waals surface area contributed by atoms with Crippen LogP contribution >= 0.6 is 27.3 Å². The summed E-state index contributed by atoms with van der Waals surface area (Å²) in [5, 5.41) is 4.33. The normalized spacial score (nSPS) is 10.1. The maximum absolute atomic E-state index is 11.5. The first-order chi connectivity index (χ1) is 11.1. The molecule has 0 saturated heterocycles. The molecule has 120 valence electrons. The number of nitrogens with one attached hydrogen (secondary N) is 1. The van der Waals surface area contributed by atoms with Crippen LogP contribution in [0.1, 0.15) is 29.1 Å². The lowest BCUT2D eigenvalue weighted by Crippen LogP contribution is -2.09. The van der Waals surface area contributed by atoms with Crippen molar-refractivity contribution in [2.24, 2.45) is 5.73 Å². The quantitative estimate of drug-likeness (QED) is 0.641. The Morgan fingerprint density at radius 1 is 1.22 bits per heavy atom. The number of carbonyl (C=O) groups excluding carboxylic acids is 1. The Bertz CT molecular complexity index is 828. The van der Waals surface area contributed by atoms with Gasteiger partial charge in [0.1, 0.15) is 0 Å². The fourth-order valence-electron chi connectivity index (χ4n) is 2.22. The fraction of sp³-hybridized carbons (Fsp3) is 0.176. The van der Waals surface area contributed by atoms with Crippen molar-refractivity contribution in [1.29, 1.82) is 0 Å². The summed E-state index contributed by atoms with van der Waals surface area (Å²) in [6, 6.07) is 7.87. The first kappa shape index (κ1) is 17.4. The number of primary amides is 1. The molecular weight excluding hydrogens is 374 g/mol. The van der Waals surface area contributed by atoms with Gasteiger partial charge >= 0.3 is 0 Å². The van der Waals surface area contributed by atoms with E-state index in [1.54, 1.807) is 12.4 Å². The van der Waals surface area contributed by atoms with Crippen LogP contribution in [0.25, 0.3) is 10.1 Å². The van der Waals surface area contributed by atoms with Crippen LogP contribution in [0.2, 0.25) is 0 Å². The second kappa shape index (κ2) is 7.57. The number of hydrogen-bond donors (Lipinski definition) is 2. The van der Waals surface area contributed by atoms with Crippen LogP contribution in [0.15, 0.2) is 41.1 Å². The van der Waals surface area contributed by atoms with Crippen LogP contribution in [-0.4, -0.2) is 10.9 Å². The number of anilines is 2. The van der Waals surface area contributed by atoms with Gasteiger partial charge < -0.3 is 11.1 Å². The maximum atomic E-state index is 11.5. The Labute approximate surface area is 147 Å². The van der Waals surface area contributed by atoms with E-state index in [0.717, 1.165) is 31.5 Å². The zero-order valence-corrected chi connectivity index (χ0v) is 15.6. The number of carbonyl (C=O) groups is 1. The molecule has 4 nitrogen and oxygen atoms in total. The highest BCUT2D eigenvalue weighted by molar-refractivity contribution is 9.10. The number of nitrogens with zero attached hydrogens (tertiary/aromatic N) is 1. The maximum Gasteiger partial charge on any atom is 0.259 e. The second-order valence-corrected chi connectivity index (χ2v) is 6.58. The topological polar surface area (TPSA) is 68.0 Å². The predicted octanol–water partition coefficient (Wildman–Crippen LogP) is 5.24. The number of pyridine rings is 1. The first-order valence-electron chi connectivity index (χ1n) is 7.26. The van der Waals surface area contributed by atoms with E-state index < -0.39 is 5.91 Å². The van der Waals surface area contributed by atoms with Crippen molar-refractivity contribution in [3.8, 4) is 0 Å². The lowest BCUT2D eigenvalue weighted by Gasteiger charge is -2.08. The molecule has 23 heavy (non-hydrogen) atoms. The molecule has 0 radical (unpaired) electrons. The molecule has 2 heterocycles. The van der Waals surface area contributed by atoms with Crippen molar-refractivity contribution in [3.63, 3.8) is 0 Å². The Kier molecular flexibility index (Phi) is 5.74. The third kappa shape index (κ3) is 3.71. The summed E-state index contributed by atoms with van der Waals surface area (Å²) >= 11 is 4.79. The summed E-state index contributed by atoms with van der Waals surface area (Å²) in [4.78, 5) is 16.3. The summed E-state index contributed by atoms with van der Waals surface area (Å²) in [5.41, 5.74) is 8.14. The average Bonchev–Trinajstić information content (AvgIpc) is 2.90. The molecule has 0 spiro atoms. The summed E-state index contributed by atoms with van der Waals surface area (Å²) in [5.74, 6) is -0.400. The molecule has 3 N–H and O–H groups in total. The third-order valence-electron chi connectivity index (χ3n) is 3.19. The number of hydrogen-bond acceptors (Lipinski definition) is 4. The number of fused-ring (bicyclic) bond motifs is 1. The van der Waals surface area contributed by atoms with E-state index in [4.69, 9.17) is 5.73 Å². The standard InChI is InChI=1S/C15H12BrN3OS.C2H6/c1-8-13-11(19-10-4-2-9(16)3-5-10)6-18-7-12(13)21-14(8)15(17)20;1-2/h2-7,19H,1H3,(H2,17,20);1-2H3. The molecule has 3 rings (SSSR count). The van der Waals surface area contributed by atoms with Crippen molar-refractivity contribution < 1.29 is 4.79 Å². The first-order valence-corrected chi connectivity index (χ1v) is 8.86. The predicted molar refractivity (Wildman–Crippen MR) is 102 cm³/mol. The van der Waals surface area contributed by atoms with Gasteiger partial charge in [0.25, 0.3) is 5.91 Å². The minimum atomic E-state index is -0.400. The molecule has 0 bridgehead atoms. The number of aryl methyl sites for hydroxylation is 1. The van der Waals surface area contributed by atoms with Gasteiger partial charge in [0.05, 0.1) is 21.5 Å². The van der Waals surface area contributed by atoms with Gasteiger partial charge in [0.2, 0.25) is 0 Å². The summed E-state index contributed by atoms with van der Waals surface area (Å²) in [6.07, 6.45) is 3.51. The average molecular weight is 392 g/mol. The molecule has 0 atom stereocenters. The van der Waals surface area contributed by atoms with E-state index in [1.165, 1.54) is 11.3 Å². The second-order valence-electron chi connectivity index (χ2n) is 4.61. The highest BCUT2D eigenvalue weighted by Crippen LogP contribution is 2.36. The van der Waals surface area contributed by atoms with Gasteiger partial charge in [-0.2, -0.15) is 0 Å². The SMILES string of the molecule is CC.Cc1c(C(N)=O)sc2cncc(Nc3ccc(Br)cc3)c12. The number of amides is 1. The van der Waals surface area contributed by atoms with Crippen molar-refractivity contribution >= 4 is 54.6 Å². The molecule has 0 aliphatic carbocycles. The van der Waals surface area contributed by atoms with Crippen molar-refractivity contribution in [3.05, 3.63) is 51.6 Å². The Morgan fingerprint density at radius 3 is 2.48 bits per heavy atom. The highest BCUT2D eigenvalue weighted by atomic mass is 79.9. The molecule has 0 aliphatic heterocycles. The van der Waals surface area contributed by atoms with Crippen LogP contribution < -0.4 is 11.1 Å². The lowest BCUT2D eigenvalue weighted by atomic mass is 10.1. The van der Waals surface area contributed by atoms with Crippen LogP contribution in [0.4, 0.5) is 11.4 Å². The van der Waals surface area contributed by atoms with Crippen LogP contribution in [-0.2, 0) is 0 Å². The summed E-state index contributed by atoms with van der Waals surface area (Å²) in [6.45, 7) is 5.91. The Hall–Kier alpha value is -1.92. The molecule has 0 saturated carbocycles. The lowest BCUT2D eigenvalue weighted by molar-refractivity contribution is 0.100. The van der Waals surface area contributed by atoms with E-state index in [0.29, 0.717) is 4.88 Å². The summed E-state index contributed by atoms with van der Waals surface area (Å²) in [7, 11) is 0. The number of thiophene rings is 1. The van der Waals surface area contributed by atoms with Crippen molar-refractivity contribution in [2.75, 3.05) is 5.32 Å². The van der Waals surface area contributed by atoms with Gasteiger partial charge in [-0.1, -0.05) is 29.8 Å². The molecule has 1 amide bonds. The van der Waals surface area contributed by atoms with Crippen molar-refractivity contribution in [1.82, 2.24) is 4.98 Å². The van der Waals surface area contributed by atoms with Gasteiger partial charge in [-0.05, 0) is 36.8 Å². The number of halogens is 1. The monoisotopic (exact) mass is 391 g/mol. The number of nitrogens with two attached hydrogens (primary N) is 1. The molecule has 0 aliphatic rings. The molecule has 0 unspecified atom stereocenters. The Balaban J connectivity index is 0.000000924. The zero-order chi connectivity index (χ0) is 17.0. The van der Waals surface area contributed by atoms with Crippen molar-refractivity contribution in [2.45, 2.75) is 20.8 Å². The van der Waals surface area contributed by atoms with Crippen LogP contribution in [0, 0.1) is 6.92 Å². The van der Waals surface area contributed by atoms with Gasteiger partial charge in [0.15, 0.2) is 0 Å². The molecule has 2 aromatic heterocycles.